The van der Waals surface area contributed by atoms with E-state index in [9.17, 15) is 9.59 Å². The van der Waals surface area contributed by atoms with Crippen molar-refractivity contribution in [2.45, 2.75) is 26.7 Å². The molecule has 1 amide bonds. The molecule has 1 aliphatic rings. The Hall–Kier alpha value is -2.76. The SMILES string of the molecule is CCC(=O)N1CCCN(c2cccc(C(=O)c3cccnc3C)n2)CC1. The smallest absolute Gasteiger partial charge is 0.222 e. The van der Waals surface area contributed by atoms with Gasteiger partial charge in [0.25, 0.3) is 0 Å². The van der Waals surface area contributed by atoms with Crippen LogP contribution in [0.3, 0.4) is 0 Å². The Kier molecular flexibility index (Phi) is 5.61. The number of anilines is 1. The van der Waals surface area contributed by atoms with Crippen molar-refractivity contribution in [3.8, 4) is 0 Å². The molecule has 3 rings (SSSR count). The molecule has 6 heteroatoms. The van der Waals surface area contributed by atoms with Gasteiger partial charge in [0.15, 0.2) is 0 Å². The van der Waals surface area contributed by atoms with Gasteiger partial charge in [0.1, 0.15) is 11.5 Å². The van der Waals surface area contributed by atoms with Crippen LogP contribution in [0.5, 0.6) is 0 Å². The maximum atomic E-state index is 12.8. The lowest BCUT2D eigenvalue weighted by atomic mass is 10.1. The zero-order valence-corrected chi connectivity index (χ0v) is 15.3. The number of pyridine rings is 2. The average Bonchev–Trinajstić information content (AvgIpc) is 2.93. The molecule has 0 radical (unpaired) electrons. The Morgan fingerprint density at radius 1 is 1.08 bits per heavy atom. The normalized spacial score (nSPS) is 14.8. The number of carbonyl (C=O) groups is 2. The van der Waals surface area contributed by atoms with E-state index in [0.717, 1.165) is 31.9 Å². The van der Waals surface area contributed by atoms with Gasteiger partial charge in [0.2, 0.25) is 11.7 Å². The first-order chi connectivity index (χ1) is 12.6. The molecule has 1 fully saturated rings. The fourth-order valence-electron chi connectivity index (χ4n) is 3.21. The molecular formula is C20H24N4O2. The number of amides is 1. The molecule has 0 aromatic carbocycles. The number of carbonyl (C=O) groups excluding carboxylic acids is 2. The third-order valence-corrected chi connectivity index (χ3v) is 4.69. The van der Waals surface area contributed by atoms with Crippen LogP contribution in [0.2, 0.25) is 0 Å². The lowest BCUT2D eigenvalue weighted by Gasteiger charge is -2.23. The van der Waals surface area contributed by atoms with E-state index in [1.807, 2.05) is 30.9 Å². The number of hydrogen-bond acceptors (Lipinski definition) is 5. The van der Waals surface area contributed by atoms with Crippen LogP contribution in [0, 0.1) is 6.92 Å². The number of aromatic nitrogens is 2. The fourth-order valence-corrected chi connectivity index (χ4v) is 3.21. The second kappa shape index (κ2) is 8.08. The highest BCUT2D eigenvalue weighted by molar-refractivity contribution is 6.08. The summed E-state index contributed by atoms with van der Waals surface area (Å²) in [5, 5.41) is 0. The Bertz CT molecular complexity index is 806. The van der Waals surface area contributed by atoms with Gasteiger partial charge in [-0.25, -0.2) is 4.98 Å². The number of hydrogen-bond donors (Lipinski definition) is 0. The van der Waals surface area contributed by atoms with Crippen LogP contribution in [-0.4, -0.2) is 52.7 Å². The third-order valence-electron chi connectivity index (χ3n) is 4.69. The van der Waals surface area contributed by atoms with Crippen molar-refractivity contribution in [3.05, 3.63) is 53.5 Å². The minimum atomic E-state index is -0.116. The van der Waals surface area contributed by atoms with Crippen LogP contribution in [0.25, 0.3) is 0 Å². The predicted molar refractivity (Wildman–Crippen MR) is 100 cm³/mol. The number of aryl methyl sites for hydroxylation is 1. The molecule has 0 atom stereocenters. The quantitative estimate of drug-likeness (QED) is 0.791. The Morgan fingerprint density at radius 2 is 1.92 bits per heavy atom. The van der Waals surface area contributed by atoms with Gasteiger partial charge in [0.05, 0.1) is 0 Å². The van der Waals surface area contributed by atoms with Gasteiger partial charge in [-0.15, -0.1) is 0 Å². The van der Waals surface area contributed by atoms with Gasteiger partial charge in [-0.1, -0.05) is 13.0 Å². The van der Waals surface area contributed by atoms with Crippen molar-refractivity contribution in [2.75, 3.05) is 31.1 Å². The minimum Gasteiger partial charge on any atom is -0.355 e. The Balaban J connectivity index is 1.78. The van der Waals surface area contributed by atoms with Crippen molar-refractivity contribution >= 4 is 17.5 Å². The maximum Gasteiger partial charge on any atom is 0.222 e. The summed E-state index contributed by atoms with van der Waals surface area (Å²) in [6.07, 6.45) is 3.11. The Morgan fingerprint density at radius 3 is 2.69 bits per heavy atom. The summed E-state index contributed by atoms with van der Waals surface area (Å²) in [4.78, 5) is 37.5. The summed E-state index contributed by atoms with van der Waals surface area (Å²) >= 11 is 0. The third kappa shape index (κ3) is 3.90. The highest BCUT2D eigenvalue weighted by atomic mass is 16.2. The summed E-state index contributed by atoms with van der Waals surface area (Å²) in [6, 6.07) is 9.06. The van der Waals surface area contributed by atoms with Crippen molar-refractivity contribution in [2.24, 2.45) is 0 Å². The molecule has 0 spiro atoms. The van der Waals surface area contributed by atoms with Crippen LogP contribution in [0.15, 0.2) is 36.5 Å². The molecule has 0 aliphatic carbocycles. The lowest BCUT2D eigenvalue weighted by Crippen LogP contribution is -2.35. The average molecular weight is 352 g/mol. The monoisotopic (exact) mass is 352 g/mol. The van der Waals surface area contributed by atoms with Gasteiger partial charge in [-0.3, -0.25) is 14.6 Å². The minimum absolute atomic E-state index is 0.116. The first-order valence-electron chi connectivity index (χ1n) is 9.06. The van der Waals surface area contributed by atoms with Crippen LogP contribution >= 0.6 is 0 Å². The van der Waals surface area contributed by atoms with Crippen LogP contribution in [0.1, 0.15) is 41.5 Å². The van der Waals surface area contributed by atoms with E-state index in [4.69, 9.17) is 0 Å². The van der Waals surface area contributed by atoms with Gasteiger partial charge >= 0.3 is 0 Å². The summed E-state index contributed by atoms with van der Waals surface area (Å²) in [5.74, 6) is 0.856. The first kappa shape index (κ1) is 18.0. The lowest BCUT2D eigenvalue weighted by molar-refractivity contribution is -0.130. The van der Waals surface area contributed by atoms with E-state index in [1.165, 1.54) is 0 Å². The molecular weight excluding hydrogens is 328 g/mol. The molecule has 2 aromatic heterocycles. The van der Waals surface area contributed by atoms with Crippen molar-refractivity contribution in [1.82, 2.24) is 14.9 Å². The standard InChI is InChI=1S/C20H24N4O2/c1-3-19(25)24-12-6-11-23(13-14-24)18-9-4-8-17(22-18)20(26)16-7-5-10-21-15(16)2/h4-5,7-10H,3,6,11-14H2,1-2H3. The highest BCUT2D eigenvalue weighted by Gasteiger charge is 2.20. The van der Waals surface area contributed by atoms with E-state index >= 15 is 0 Å². The molecule has 0 bridgehead atoms. The molecule has 3 heterocycles. The number of ketones is 1. The summed E-state index contributed by atoms with van der Waals surface area (Å²) < 4.78 is 0. The summed E-state index contributed by atoms with van der Waals surface area (Å²) in [6.45, 7) is 6.73. The fraction of sp³-hybridized carbons (Fsp3) is 0.400. The van der Waals surface area contributed by atoms with Gasteiger partial charge < -0.3 is 9.80 Å². The summed E-state index contributed by atoms with van der Waals surface area (Å²) in [7, 11) is 0. The van der Waals surface area contributed by atoms with Crippen LogP contribution < -0.4 is 4.90 Å². The Labute approximate surface area is 153 Å². The zero-order valence-electron chi connectivity index (χ0n) is 15.3. The molecule has 0 saturated carbocycles. The predicted octanol–water partition coefficient (Wildman–Crippen LogP) is 2.46. The number of nitrogens with zero attached hydrogens (tertiary/aromatic N) is 4. The molecule has 26 heavy (non-hydrogen) atoms. The molecule has 0 N–H and O–H groups in total. The van der Waals surface area contributed by atoms with E-state index in [-0.39, 0.29) is 11.7 Å². The second-order valence-corrected chi connectivity index (χ2v) is 6.42. The molecule has 6 nitrogen and oxygen atoms in total. The largest absolute Gasteiger partial charge is 0.355 e. The topological polar surface area (TPSA) is 66.4 Å². The van der Waals surface area contributed by atoms with Gasteiger partial charge in [0, 0.05) is 50.1 Å². The van der Waals surface area contributed by atoms with Gasteiger partial charge in [-0.05, 0) is 37.6 Å². The first-order valence-corrected chi connectivity index (χ1v) is 9.06. The van der Waals surface area contributed by atoms with Crippen molar-refractivity contribution in [3.63, 3.8) is 0 Å². The molecule has 136 valence electrons. The second-order valence-electron chi connectivity index (χ2n) is 6.42. The summed E-state index contributed by atoms with van der Waals surface area (Å²) in [5.41, 5.74) is 1.70. The van der Waals surface area contributed by atoms with Crippen molar-refractivity contribution in [1.29, 1.82) is 0 Å². The van der Waals surface area contributed by atoms with E-state index in [2.05, 4.69) is 14.9 Å². The highest BCUT2D eigenvalue weighted by Crippen LogP contribution is 2.17. The van der Waals surface area contributed by atoms with E-state index in [1.54, 1.807) is 24.4 Å². The molecule has 2 aromatic rings. The van der Waals surface area contributed by atoms with E-state index in [0.29, 0.717) is 29.9 Å². The zero-order chi connectivity index (χ0) is 18.5. The number of rotatable bonds is 4. The van der Waals surface area contributed by atoms with Crippen LogP contribution in [-0.2, 0) is 4.79 Å². The van der Waals surface area contributed by atoms with E-state index < -0.39 is 0 Å². The van der Waals surface area contributed by atoms with Gasteiger partial charge in [-0.2, -0.15) is 0 Å². The van der Waals surface area contributed by atoms with Crippen LogP contribution in [0.4, 0.5) is 5.82 Å². The molecule has 1 saturated heterocycles. The molecule has 1 aliphatic heterocycles. The van der Waals surface area contributed by atoms with Crippen molar-refractivity contribution < 1.29 is 9.59 Å². The molecule has 0 unspecified atom stereocenters. The maximum absolute atomic E-state index is 12.8.